The van der Waals surface area contributed by atoms with Crippen molar-refractivity contribution in [1.82, 2.24) is 9.55 Å². The second-order valence-electron chi connectivity index (χ2n) is 6.00. The van der Waals surface area contributed by atoms with Crippen molar-refractivity contribution in [3.63, 3.8) is 0 Å². The summed E-state index contributed by atoms with van der Waals surface area (Å²) in [6.45, 7) is 11.0. The monoisotopic (exact) mass is 292 g/mol. The molecule has 0 fully saturated rings. The van der Waals surface area contributed by atoms with Gasteiger partial charge in [0.2, 0.25) is 0 Å². The molecule has 0 N–H and O–H groups in total. The summed E-state index contributed by atoms with van der Waals surface area (Å²) in [5.41, 5.74) is 3.52. The van der Waals surface area contributed by atoms with Crippen molar-refractivity contribution in [2.45, 2.75) is 58.9 Å². The van der Waals surface area contributed by atoms with E-state index in [-0.39, 0.29) is 5.38 Å². The van der Waals surface area contributed by atoms with E-state index in [9.17, 15) is 0 Å². The molecular formula is C17H25ClN2. The van der Waals surface area contributed by atoms with Crippen LogP contribution in [0.25, 0.3) is 11.0 Å². The van der Waals surface area contributed by atoms with Gasteiger partial charge in [0.05, 0.1) is 16.4 Å². The van der Waals surface area contributed by atoms with Gasteiger partial charge < -0.3 is 4.57 Å². The number of rotatable bonds is 5. The van der Waals surface area contributed by atoms with Crippen LogP contribution in [0.1, 0.15) is 63.3 Å². The van der Waals surface area contributed by atoms with E-state index < -0.39 is 0 Å². The summed E-state index contributed by atoms with van der Waals surface area (Å²) in [7, 11) is 0. The average molecular weight is 293 g/mol. The zero-order chi connectivity index (χ0) is 14.9. The maximum atomic E-state index is 6.36. The molecule has 2 nitrogen and oxygen atoms in total. The predicted molar refractivity (Wildman–Crippen MR) is 87.5 cm³/mol. The smallest absolute Gasteiger partial charge is 0.127 e. The molecule has 0 saturated carbocycles. The lowest BCUT2D eigenvalue weighted by atomic mass is 10.00. The van der Waals surface area contributed by atoms with Gasteiger partial charge in [-0.05, 0) is 44.7 Å². The van der Waals surface area contributed by atoms with Gasteiger partial charge in [-0.25, -0.2) is 4.98 Å². The maximum Gasteiger partial charge on any atom is 0.127 e. The van der Waals surface area contributed by atoms with Crippen LogP contribution in [-0.2, 0) is 0 Å². The summed E-state index contributed by atoms with van der Waals surface area (Å²) in [6, 6.07) is 6.80. The fourth-order valence-corrected chi connectivity index (χ4v) is 3.03. The molecule has 110 valence electrons. The zero-order valence-electron chi connectivity index (χ0n) is 13.2. The van der Waals surface area contributed by atoms with Crippen molar-refractivity contribution in [2.75, 3.05) is 0 Å². The van der Waals surface area contributed by atoms with E-state index in [2.05, 4.69) is 50.5 Å². The minimum Gasteiger partial charge on any atom is -0.324 e. The summed E-state index contributed by atoms with van der Waals surface area (Å²) >= 11 is 6.36. The van der Waals surface area contributed by atoms with Crippen LogP contribution in [0.2, 0.25) is 0 Å². The van der Waals surface area contributed by atoms with Crippen LogP contribution >= 0.6 is 11.6 Å². The minimum absolute atomic E-state index is 0.0683. The Bertz CT molecular complexity index is 586. The number of hydrogen-bond donors (Lipinski definition) is 0. The standard InChI is InChI=1S/C17H25ClN2/c1-6-11(2)10-13(4)20-15-9-7-8-12(3)16(15)19-17(20)14(5)18/h7-9,11,13-14H,6,10H2,1-5H3. The Kier molecular flexibility index (Phi) is 4.74. The third-order valence-corrected chi connectivity index (χ3v) is 4.38. The zero-order valence-corrected chi connectivity index (χ0v) is 13.9. The molecule has 1 heterocycles. The molecule has 3 atom stereocenters. The fourth-order valence-electron chi connectivity index (χ4n) is 2.87. The Labute approximate surface area is 127 Å². The molecule has 3 unspecified atom stereocenters. The van der Waals surface area contributed by atoms with E-state index in [1.54, 1.807) is 0 Å². The SMILES string of the molecule is CCC(C)CC(C)n1c(C(C)Cl)nc2c(C)cccc21. The van der Waals surface area contributed by atoms with Gasteiger partial charge in [-0.1, -0.05) is 32.4 Å². The summed E-state index contributed by atoms with van der Waals surface area (Å²) in [5.74, 6) is 1.71. The molecule has 0 bridgehead atoms. The van der Waals surface area contributed by atoms with Crippen molar-refractivity contribution in [3.05, 3.63) is 29.6 Å². The Morgan fingerprint density at radius 3 is 2.55 bits per heavy atom. The Balaban J connectivity index is 2.54. The van der Waals surface area contributed by atoms with Crippen molar-refractivity contribution in [3.8, 4) is 0 Å². The van der Waals surface area contributed by atoms with Crippen molar-refractivity contribution >= 4 is 22.6 Å². The highest BCUT2D eigenvalue weighted by Crippen LogP contribution is 2.32. The third-order valence-electron chi connectivity index (χ3n) is 4.19. The van der Waals surface area contributed by atoms with E-state index in [1.807, 2.05) is 6.92 Å². The highest BCUT2D eigenvalue weighted by atomic mass is 35.5. The molecule has 0 aliphatic heterocycles. The molecule has 2 rings (SSSR count). The van der Waals surface area contributed by atoms with Crippen LogP contribution in [0, 0.1) is 12.8 Å². The quantitative estimate of drug-likeness (QED) is 0.652. The van der Waals surface area contributed by atoms with Gasteiger partial charge in [0.25, 0.3) is 0 Å². The lowest BCUT2D eigenvalue weighted by Crippen LogP contribution is -2.12. The second kappa shape index (κ2) is 6.17. The highest BCUT2D eigenvalue weighted by molar-refractivity contribution is 6.20. The fraction of sp³-hybridized carbons (Fsp3) is 0.588. The number of alkyl halides is 1. The van der Waals surface area contributed by atoms with Crippen LogP contribution in [0.3, 0.4) is 0 Å². The normalized spacial score (nSPS) is 16.3. The minimum atomic E-state index is -0.0683. The Morgan fingerprint density at radius 1 is 1.25 bits per heavy atom. The van der Waals surface area contributed by atoms with Crippen LogP contribution < -0.4 is 0 Å². The van der Waals surface area contributed by atoms with E-state index in [1.165, 1.54) is 17.5 Å². The number of nitrogens with zero attached hydrogens (tertiary/aromatic N) is 2. The van der Waals surface area contributed by atoms with Crippen LogP contribution in [0.5, 0.6) is 0 Å². The van der Waals surface area contributed by atoms with E-state index in [0.29, 0.717) is 12.0 Å². The number of aromatic nitrogens is 2. The van der Waals surface area contributed by atoms with Gasteiger partial charge in [0.1, 0.15) is 5.82 Å². The van der Waals surface area contributed by atoms with Crippen LogP contribution in [0.15, 0.2) is 18.2 Å². The first kappa shape index (κ1) is 15.4. The van der Waals surface area contributed by atoms with Gasteiger partial charge >= 0.3 is 0 Å². The summed E-state index contributed by atoms with van der Waals surface area (Å²) in [4.78, 5) is 4.80. The lowest BCUT2D eigenvalue weighted by molar-refractivity contribution is 0.397. The molecule has 20 heavy (non-hydrogen) atoms. The number of hydrogen-bond acceptors (Lipinski definition) is 1. The lowest BCUT2D eigenvalue weighted by Gasteiger charge is -2.21. The maximum absolute atomic E-state index is 6.36. The molecule has 1 aromatic heterocycles. The van der Waals surface area contributed by atoms with E-state index >= 15 is 0 Å². The van der Waals surface area contributed by atoms with Gasteiger partial charge in [0.15, 0.2) is 0 Å². The number of fused-ring (bicyclic) bond motifs is 1. The summed E-state index contributed by atoms with van der Waals surface area (Å²) in [6.07, 6.45) is 2.37. The number of para-hydroxylation sites is 1. The molecule has 3 heteroatoms. The number of aryl methyl sites for hydroxylation is 1. The summed E-state index contributed by atoms with van der Waals surface area (Å²) < 4.78 is 2.34. The molecule has 0 saturated heterocycles. The Hall–Kier alpha value is -1.02. The van der Waals surface area contributed by atoms with Gasteiger partial charge in [-0.3, -0.25) is 0 Å². The number of halogens is 1. The molecule has 0 aliphatic rings. The largest absolute Gasteiger partial charge is 0.324 e. The molecular weight excluding hydrogens is 268 g/mol. The van der Waals surface area contributed by atoms with Crippen molar-refractivity contribution in [2.24, 2.45) is 5.92 Å². The molecule has 1 aromatic carbocycles. The topological polar surface area (TPSA) is 17.8 Å². The third kappa shape index (κ3) is 2.85. The Morgan fingerprint density at radius 2 is 1.95 bits per heavy atom. The first-order valence-corrected chi connectivity index (χ1v) is 8.00. The predicted octanol–water partition coefficient (Wildman–Crippen LogP) is 5.64. The first-order chi connectivity index (χ1) is 9.45. The average Bonchev–Trinajstić information content (AvgIpc) is 2.79. The van der Waals surface area contributed by atoms with Crippen molar-refractivity contribution < 1.29 is 0 Å². The molecule has 0 amide bonds. The van der Waals surface area contributed by atoms with Gasteiger partial charge in [-0.15, -0.1) is 11.6 Å². The second-order valence-corrected chi connectivity index (χ2v) is 6.65. The van der Waals surface area contributed by atoms with Gasteiger partial charge in [0, 0.05) is 6.04 Å². The number of imidazole rings is 1. The number of benzene rings is 1. The summed E-state index contributed by atoms with van der Waals surface area (Å²) in [5, 5.41) is -0.0683. The van der Waals surface area contributed by atoms with Crippen LogP contribution in [0.4, 0.5) is 0 Å². The first-order valence-electron chi connectivity index (χ1n) is 7.57. The van der Waals surface area contributed by atoms with Gasteiger partial charge in [-0.2, -0.15) is 0 Å². The van der Waals surface area contributed by atoms with E-state index in [4.69, 9.17) is 16.6 Å². The van der Waals surface area contributed by atoms with Crippen LogP contribution in [-0.4, -0.2) is 9.55 Å². The molecule has 0 spiro atoms. The molecule has 2 aromatic rings. The molecule has 0 aliphatic carbocycles. The van der Waals surface area contributed by atoms with E-state index in [0.717, 1.165) is 17.8 Å². The molecule has 0 radical (unpaired) electrons. The highest BCUT2D eigenvalue weighted by Gasteiger charge is 2.20. The van der Waals surface area contributed by atoms with Crippen molar-refractivity contribution in [1.29, 1.82) is 0 Å².